The number of ether oxygens (including phenoxy) is 1. The van der Waals surface area contributed by atoms with Crippen LogP contribution < -0.4 is 0 Å². The number of aliphatic imine (C=N–C) groups is 1. The van der Waals surface area contributed by atoms with Crippen molar-refractivity contribution < 1.29 is 9.53 Å². The average Bonchev–Trinajstić information content (AvgIpc) is 3.13. The maximum Gasteiger partial charge on any atom is 0.310 e. The lowest BCUT2D eigenvalue weighted by Crippen LogP contribution is -2.59. The largest absolute Gasteiger partial charge is 0.469 e. The van der Waals surface area contributed by atoms with E-state index in [2.05, 4.69) is 36.1 Å². The van der Waals surface area contributed by atoms with E-state index < -0.39 is 0 Å². The molecule has 3 aliphatic heterocycles. The highest BCUT2D eigenvalue weighted by Gasteiger charge is 2.68. The molecule has 0 N–H and O–H groups in total. The topological polar surface area (TPSA) is 41.9 Å². The summed E-state index contributed by atoms with van der Waals surface area (Å²) in [5.41, 5.74) is 4.62. The van der Waals surface area contributed by atoms with Crippen LogP contribution >= 0.6 is 0 Å². The van der Waals surface area contributed by atoms with E-state index in [1.165, 1.54) is 24.0 Å². The molecule has 3 heterocycles. The van der Waals surface area contributed by atoms with Crippen molar-refractivity contribution in [1.29, 1.82) is 0 Å². The molecule has 1 saturated carbocycles. The van der Waals surface area contributed by atoms with Crippen molar-refractivity contribution in [2.45, 2.75) is 31.2 Å². The van der Waals surface area contributed by atoms with Gasteiger partial charge in [0.15, 0.2) is 0 Å². The van der Waals surface area contributed by atoms with Gasteiger partial charge in [-0.15, -0.1) is 0 Å². The normalized spacial score (nSPS) is 37.8. The Balaban J connectivity index is 1.80. The van der Waals surface area contributed by atoms with Crippen molar-refractivity contribution in [3.63, 3.8) is 0 Å². The summed E-state index contributed by atoms with van der Waals surface area (Å²) in [5.74, 6) is 0.0551. The molecule has 4 atom stereocenters. The zero-order chi connectivity index (χ0) is 16.5. The highest BCUT2D eigenvalue weighted by Crippen LogP contribution is 2.62. The van der Waals surface area contributed by atoms with Crippen LogP contribution in [0.15, 0.2) is 40.9 Å². The first-order valence-corrected chi connectivity index (χ1v) is 8.86. The molecule has 5 rings (SSSR count). The second-order valence-corrected chi connectivity index (χ2v) is 7.39. The summed E-state index contributed by atoms with van der Waals surface area (Å²) in [6.07, 6.45) is 4.20. The Hall–Kier alpha value is -1.94. The van der Waals surface area contributed by atoms with E-state index in [1.54, 1.807) is 0 Å². The van der Waals surface area contributed by atoms with Crippen LogP contribution in [0.1, 0.15) is 25.3 Å². The number of methoxy groups -OCH3 is 1. The van der Waals surface area contributed by atoms with Crippen LogP contribution in [-0.2, 0) is 14.9 Å². The zero-order valence-corrected chi connectivity index (χ0v) is 14.2. The number of piperidine rings is 2. The Kier molecular flexibility index (Phi) is 2.88. The zero-order valence-electron chi connectivity index (χ0n) is 14.2. The minimum atomic E-state index is -0.280. The number of para-hydroxylation sites is 1. The molecule has 2 saturated heterocycles. The summed E-state index contributed by atoms with van der Waals surface area (Å²) in [4.78, 5) is 20.5. The number of hydrogen-bond acceptors (Lipinski definition) is 4. The number of carbonyl (C=O) groups excluding carboxylic acids is 1. The molecule has 2 bridgehead atoms. The van der Waals surface area contributed by atoms with Crippen molar-refractivity contribution in [3.05, 3.63) is 41.5 Å². The van der Waals surface area contributed by atoms with Gasteiger partial charge in [-0.25, -0.2) is 0 Å². The number of benzene rings is 1. The van der Waals surface area contributed by atoms with E-state index in [0.29, 0.717) is 6.04 Å². The minimum absolute atomic E-state index is 0.0741. The van der Waals surface area contributed by atoms with Crippen LogP contribution in [0.3, 0.4) is 0 Å². The number of fused-ring (bicyclic) bond motifs is 2. The van der Waals surface area contributed by atoms with Gasteiger partial charge < -0.3 is 4.74 Å². The first-order valence-electron chi connectivity index (χ1n) is 8.86. The Morgan fingerprint density at radius 1 is 1.42 bits per heavy atom. The second-order valence-electron chi connectivity index (χ2n) is 7.39. The number of hydrogen-bond donors (Lipinski definition) is 0. The summed E-state index contributed by atoms with van der Waals surface area (Å²) >= 11 is 0. The molecule has 1 unspecified atom stereocenters. The summed E-state index contributed by atoms with van der Waals surface area (Å²) in [7, 11) is 1.52. The summed E-state index contributed by atoms with van der Waals surface area (Å²) in [5, 5.41) is 0. The molecule has 0 aromatic heterocycles. The molecule has 0 radical (unpaired) electrons. The Bertz CT molecular complexity index is 797. The molecule has 3 fully saturated rings. The van der Waals surface area contributed by atoms with Crippen molar-refractivity contribution in [3.8, 4) is 0 Å². The number of carbonyl (C=O) groups is 1. The summed E-state index contributed by atoms with van der Waals surface area (Å²) in [6, 6.07) is 8.76. The first kappa shape index (κ1) is 14.4. The van der Waals surface area contributed by atoms with Crippen LogP contribution in [0.25, 0.3) is 0 Å². The van der Waals surface area contributed by atoms with Crippen LogP contribution in [0.2, 0.25) is 0 Å². The third kappa shape index (κ3) is 1.48. The third-order valence-electron chi connectivity index (χ3n) is 6.74. The molecule has 124 valence electrons. The van der Waals surface area contributed by atoms with Crippen LogP contribution in [0.4, 0.5) is 5.69 Å². The summed E-state index contributed by atoms with van der Waals surface area (Å²) < 4.78 is 5.30. The van der Waals surface area contributed by atoms with Gasteiger partial charge in [-0.3, -0.25) is 14.7 Å². The van der Waals surface area contributed by atoms with Gasteiger partial charge >= 0.3 is 5.97 Å². The maximum atomic E-state index is 12.9. The molecule has 1 aromatic rings. The van der Waals surface area contributed by atoms with Gasteiger partial charge in [0.1, 0.15) is 0 Å². The highest BCUT2D eigenvalue weighted by atomic mass is 16.5. The number of rotatable bonds is 1. The van der Waals surface area contributed by atoms with Crippen molar-refractivity contribution in [1.82, 2.24) is 4.90 Å². The van der Waals surface area contributed by atoms with Gasteiger partial charge in [-0.1, -0.05) is 29.8 Å². The van der Waals surface area contributed by atoms with Gasteiger partial charge in [-0.05, 0) is 37.3 Å². The minimum Gasteiger partial charge on any atom is -0.469 e. The molecule has 0 amide bonds. The predicted molar refractivity (Wildman–Crippen MR) is 92.6 cm³/mol. The lowest BCUT2D eigenvalue weighted by atomic mass is 9.64. The quantitative estimate of drug-likeness (QED) is 0.590. The highest BCUT2D eigenvalue weighted by molar-refractivity contribution is 6.07. The van der Waals surface area contributed by atoms with Gasteiger partial charge in [0.2, 0.25) is 0 Å². The van der Waals surface area contributed by atoms with E-state index in [-0.39, 0.29) is 23.2 Å². The van der Waals surface area contributed by atoms with Gasteiger partial charge in [0.05, 0.1) is 24.1 Å². The van der Waals surface area contributed by atoms with E-state index >= 15 is 0 Å². The predicted octanol–water partition coefficient (Wildman–Crippen LogP) is 2.85. The van der Waals surface area contributed by atoms with Crippen molar-refractivity contribution in [2.24, 2.45) is 16.8 Å². The van der Waals surface area contributed by atoms with Crippen molar-refractivity contribution >= 4 is 17.4 Å². The number of nitrogens with zero attached hydrogens (tertiary/aromatic N) is 2. The van der Waals surface area contributed by atoms with E-state index in [1.807, 2.05) is 6.07 Å². The Morgan fingerprint density at radius 2 is 2.25 bits per heavy atom. The van der Waals surface area contributed by atoms with Gasteiger partial charge in [0.25, 0.3) is 0 Å². The van der Waals surface area contributed by atoms with Gasteiger partial charge in [-0.2, -0.15) is 0 Å². The second kappa shape index (κ2) is 4.79. The first-order chi connectivity index (χ1) is 11.7. The molecule has 4 aliphatic rings. The van der Waals surface area contributed by atoms with E-state index in [9.17, 15) is 4.79 Å². The molecule has 4 nitrogen and oxygen atoms in total. The third-order valence-corrected chi connectivity index (χ3v) is 6.74. The standard InChI is InChI=1S/C20H22N2O2/c1-3-12-11-22-9-8-16-20(14-6-4-5-7-15(14)21-16)17(22)10-13(12)18(20)19(23)24-2/h3-7,13,17-18H,8-11H2,1-2H3/b12-3-/t13-,17+,18?,20-/m0/s1. The lowest BCUT2D eigenvalue weighted by Gasteiger charge is -2.47. The summed E-state index contributed by atoms with van der Waals surface area (Å²) in [6.45, 7) is 4.12. The fourth-order valence-corrected chi connectivity index (χ4v) is 5.91. The molecular weight excluding hydrogens is 300 g/mol. The van der Waals surface area contributed by atoms with E-state index in [4.69, 9.17) is 9.73 Å². The fourth-order valence-electron chi connectivity index (χ4n) is 5.91. The number of allylic oxidation sites excluding steroid dienone is 1. The average molecular weight is 322 g/mol. The number of esters is 1. The van der Waals surface area contributed by atoms with Crippen molar-refractivity contribution in [2.75, 3.05) is 20.2 Å². The molecule has 1 aliphatic carbocycles. The van der Waals surface area contributed by atoms with Crippen LogP contribution in [0, 0.1) is 11.8 Å². The molecule has 1 aromatic carbocycles. The lowest BCUT2D eigenvalue weighted by molar-refractivity contribution is -0.147. The Morgan fingerprint density at radius 3 is 3.04 bits per heavy atom. The van der Waals surface area contributed by atoms with Gasteiger partial charge in [0, 0.05) is 24.8 Å². The SMILES string of the molecule is C/C=C1/CN2CCC3=Nc4ccccc4[C@]34C(C(=O)OC)[C@H]1C[C@@H]24. The van der Waals surface area contributed by atoms with Crippen LogP contribution in [0.5, 0.6) is 0 Å². The molecule has 24 heavy (non-hydrogen) atoms. The molecule has 4 heteroatoms. The van der Waals surface area contributed by atoms with E-state index in [0.717, 1.165) is 31.6 Å². The monoisotopic (exact) mass is 322 g/mol. The molecular formula is C20H22N2O2. The molecule has 1 spiro atoms. The van der Waals surface area contributed by atoms with Crippen LogP contribution in [-0.4, -0.2) is 42.8 Å². The fraction of sp³-hybridized carbons (Fsp3) is 0.500. The smallest absolute Gasteiger partial charge is 0.310 e. The Labute approximate surface area is 142 Å². The maximum absolute atomic E-state index is 12.9.